The van der Waals surface area contributed by atoms with Crippen LogP contribution in [0.3, 0.4) is 0 Å². The molecule has 0 spiro atoms. The Morgan fingerprint density at radius 2 is 1.83 bits per heavy atom. The fraction of sp³-hybridized carbons (Fsp3) is 0.167. The molecule has 0 fully saturated rings. The topological polar surface area (TPSA) is 126 Å². The molecule has 0 aliphatic rings. The number of rotatable bonds is 7. The van der Waals surface area contributed by atoms with Crippen molar-refractivity contribution in [1.29, 1.82) is 0 Å². The Morgan fingerprint density at radius 3 is 2.49 bits per heavy atom. The van der Waals surface area contributed by atoms with E-state index in [-0.39, 0.29) is 46.3 Å². The predicted octanol–water partition coefficient (Wildman–Crippen LogP) is 4.27. The quantitative estimate of drug-likeness (QED) is 0.377. The minimum absolute atomic E-state index is 0.00713. The van der Waals surface area contributed by atoms with Crippen LogP contribution in [0.5, 0.6) is 11.8 Å². The third-order valence-electron chi connectivity index (χ3n) is 5.01. The number of Topliss-reactive ketones (excluding diaryl/α,β-unsaturated/α-hetero) is 1. The largest absolute Gasteiger partial charge is 0.422 e. The van der Waals surface area contributed by atoms with Crippen molar-refractivity contribution in [3.05, 3.63) is 87.4 Å². The normalized spacial score (nSPS) is 11.0. The summed E-state index contributed by atoms with van der Waals surface area (Å²) >= 11 is 6.06. The van der Waals surface area contributed by atoms with Crippen molar-refractivity contribution in [3.8, 4) is 22.9 Å². The van der Waals surface area contributed by atoms with Gasteiger partial charge in [-0.1, -0.05) is 23.7 Å². The summed E-state index contributed by atoms with van der Waals surface area (Å²) in [5.74, 6) is -0.589. The van der Waals surface area contributed by atoms with Crippen molar-refractivity contribution in [3.63, 3.8) is 0 Å². The van der Waals surface area contributed by atoms with Crippen molar-refractivity contribution in [2.24, 2.45) is 0 Å². The Bertz CT molecular complexity index is 1440. The first kappa shape index (κ1) is 24.0. The highest BCUT2D eigenvalue weighted by Crippen LogP contribution is 2.30. The number of carbonyl (C=O) groups is 1. The number of halogens is 2. The lowest BCUT2D eigenvalue weighted by Crippen LogP contribution is -2.25. The van der Waals surface area contributed by atoms with Crippen molar-refractivity contribution in [1.82, 2.24) is 24.7 Å². The molecule has 35 heavy (non-hydrogen) atoms. The van der Waals surface area contributed by atoms with E-state index < -0.39 is 17.0 Å². The number of nitrogens with two attached hydrogens (primary N) is 1. The number of ketones is 1. The van der Waals surface area contributed by atoms with Crippen molar-refractivity contribution in [2.45, 2.75) is 26.3 Å². The van der Waals surface area contributed by atoms with Crippen LogP contribution < -0.4 is 15.9 Å². The summed E-state index contributed by atoms with van der Waals surface area (Å²) in [6.07, 6.45) is 5.65. The maximum absolute atomic E-state index is 13.4. The van der Waals surface area contributed by atoms with Crippen LogP contribution in [0.1, 0.15) is 35.9 Å². The first-order valence-electron chi connectivity index (χ1n) is 10.5. The zero-order chi connectivity index (χ0) is 25.1. The first-order valence-corrected chi connectivity index (χ1v) is 10.9. The number of benzene rings is 1. The molecule has 0 aliphatic heterocycles. The molecule has 0 unspecified atom stereocenters. The Labute approximate surface area is 204 Å². The molecule has 178 valence electrons. The molecular weight excluding hydrogens is 475 g/mol. The first-order chi connectivity index (χ1) is 16.7. The molecule has 0 bridgehead atoms. The number of carbonyl (C=O) groups excluding carboxylic acids is 1. The highest BCUT2D eigenvalue weighted by molar-refractivity contribution is 6.34. The summed E-state index contributed by atoms with van der Waals surface area (Å²) in [6, 6.07) is 6.87. The molecule has 4 aromatic rings. The number of hydrogen-bond acceptors (Lipinski definition) is 8. The Balaban J connectivity index is 1.59. The molecule has 0 saturated carbocycles. The molecule has 9 nitrogen and oxygen atoms in total. The Kier molecular flexibility index (Phi) is 6.83. The van der Waals surface area contributed by atoms with Gasteiger partial charge in [-0.15, -0.1) is 0 Å². The Morgan fingerprint density at radius 1 is 1.14 bits per heavy atom. The van der Waals surface area contributed by atoms with E-state index in [1.807, 2.05) is 13.8 Å². The molecule has 0 amide bonds. The van der Waals surface area contributed by atoms with E-state index in [1.165, 1.54) is 53.6 Å². The second-order valence-electron chi connectivity index (χ2n) is 7.89. The van der Waals surface area contributed by atoms with E-state index in [4.69, 9.17) is 22.1 Å². The Hall–Kier alpha value is -4.18. The van der Waals surface area contributed by atoms with Crippen molar-refractivity contribution >= 4 is 23.2 Å². The summed E-state index contributed by atoms with van der Waals surface area (Å²) in [7, 11) is 0. The van der Waals surface area contributed by atoms with Gasteiger partial charge in [-0.25, -0.2) is 19.3 Å². The van der Waals surface area contributed by atoms with Crippen LogP contribution >= 0.6 is 11.6 Å². The van der Waals surface area contributed by atoms with E-state index in [1.54, 1.807) is 6.20 Å². The maximum atomic E-state index is 13.4. The standard InChI is InChI=1S/C24H20ClFN6O3/c1-13(2)32-12-17(15-3-5-16(26)6-4-15)22(34)21(31-32)18(33)9-14-10-29-24(30-11-14)35-19-7-8-28-23(27)20(19)25/h3-8,10-13H,9H2,1-2H3,(H2,27,28). The minimum Gasteiger partial charge on any atom is -0.422 e. The third kappa shape index (κ3) is 5.33. The predicted molar refractivity (Wildman–Crippen MR) is 128 cm³/mol. The van der Waals surface area contributed by atoms with Gasteiger partial charge in [0.05, 0.1) is 0 Å². The minimum atomic E-state index is -0.538. The molecule has 3 heterocycles. The average molecular weight is 495 g/mol. The van der Waals surface area contributed by atoms with E-state index in [2.05, 4.69) is 20.1 Å². The molecule has 3 aromatic heterocycles. The van der Waals surface area contributed by atoms with Gasteiger partial charge in [0.15, 0.2) is 17.2 Å². The molecule has 0 atom stereocenters. The molecule has 1 aromatic carbocycles. The molecule has 0 radical (unpaired) electrons. The number of aromatic nitrogens is 5. The smallest absolute Gasteiger partial charge is 0.321 e. The fourth-order valence-electron chi connectivity index (χ4n) is 3.16. The second-order valence-corrected chi connectivity index (χ2v) is 8.26. The number of anilines is 1. The second kappa shape index (κ2) is 9.98. The zero-order valence-corrected chi connectivity index (χ0v) is 19.5. The van der Waals surface area contributed by atoms with Crippen LogP contribution in [-0.2, 0) is 6.42 Å². The van der Waals surface area contributed by atoms with Gasteiger partial charge < -0.3 is 10.5 Å². The van der Waals surface area contributed by atoms with Gasteiger partial charge in [-0.05, 0) is 37.1 Å². The number of pyridine rings is 1. The van der Waals surface area contributed by atoms with E-state index >= 15 is 0 Å². The molecule has 0 saturated heterocycles. The van der Waals surface area contributed by atoms with Crippen LogP contribution in [0.2, 0.25) is 5.02 Å². The van der Waals surface area contributed by atoms with Gasteiger partial charge >= 0.3 is 6.01 Å². The highest BCUT2D eigenvalue weighted by atomic mass is 35.5. The SMILES string of the molecule is CC(C)n1cc(-c2ccc(F)cc2)c(=O)c(C(=O)Cc2cnc(Oc3ccnc(N)c3Cl)nc2)n1. The van der Waals surface area contributed by atoms with Gasteiger partial charge in [0.2, 0.25) is 5.43 Å². The van der Waals surface area contributed by atoms with Gasteiger partial charge in [0.25, 0.3) is 0 Å². The van der Waals surface area contributed by atoms with Gasteiger partial charge in [0.1, 0.15) is 16.7 Å². The molecule has 4 rings (SSSR count). The van der Waals surface area contributed by atoms with Crippen LogP contribution in [-0.4, -0.2) is 30.5 Å². The fourth-order valence-corrected chi connectivity index (χ4v) is 3.32. The van der Waals surface area contributed by atoms with E-state index in [0.717, 1.165) is 0 Å². The monoisotopic (exact) mass is 494 g/mol. The molecule has 0 aliphatic carbocycles. The van der Waals surface area contributed by atoms with Gasteiger partial charge in [-0.3, -0.25) is 14.3 Å². The van der Waals surface area contributed by atoms with Crippen LogP contribution in [0.4, 0.5) is 10.2 Å². The summed E-state index contributed by atoms with van der Waals surface area (Å²) in [5.41, 5.74) is 6.09. The molecule has 11 heteroatoms. The van der Waals surface area contributed by atoms with Crippen LogP contribution in [0.25, 0.3) is 11.1 Å². The van der Waals surface area contributed by atoms with E-state index in [9.17, 15) is 14.0 Å². The lowest BCUT2D eigenvalue weighted by atomic mass is 10.0. The summed E-state index contributed by atoms with van der Waals surface area (Å²) in [6.45, 7) is 3.74. The molecular formula is C24H20ClFN6O3. The third-order valence-corrected chi connectivity index (χ3v) is 5.39. The zero-order valence-electron chi connectivity index (χ0n) is 18.8. The lowest BCUT2D eigenvalue weighted by Gasteiger charge is -2.13. The van der Waals surface area contributed by atoms with Crippen molar-refractivity contribution < 1.29 is 13.9 Å². The summed E-state index contributed by atoms with van der Waals surface area (Å²) < 4.78 is 20.4. The number of nitrogens with zero attached hydrogens (tertiary/aromatic N) is 5. The van der Waals surface area contributed by atoms with E-state index in [0.29, 0.717) is 11.1 Å². The number of nitrogen functional groups attached to an aromatic ring is 1. The van der Waals surface area contributed by atoms with Crippen LogP contribution in [0, 0.1) is 5.82 Å². The summed E-state index contributed by atoms with van der Waals surface area (Å²) in [4.78, 5) is 38.2. The maximum Gasteiger partial charge on any atom is 0.321 e. The van der Waals surface area contributed by atoms with Crippen LogP contribution in [0.15, 0.2) is 59.9 Å². The average Bonchev–Trinajstić information content (AvgIpc) is 2.84. The highest BCUT2D eigenvalue weighted by Gasteiger charge is 2.20. The van der Waals surface area contributed by atoms with Crippen molar-refractivity contribution in [2.75, 3.05) is 5.73 Å². The number of ether oxygens (including phenoxy) is 1. The summed E-state index contributed by atoms with van der Waals surface area (Å²) in [5, 5.41) is 4.37. The van der Waals surface area contributed by atoms with Gasteiger partial charge in [0, 0.05) is 48.9 Å². The number of hydrogen-bond donors (Lipinski definition) is 1. The van der Waals surface area contributed by atoms with Gasteiger partial charge in [-0.2, -0.15) is 5.10 Å². The lowest BCUT2D eigenvalue weighted by molar-refractivity contribution is 0.0984. The molecule has 2 N–H and O–H groups in total.